The molecule has 0 radical (unpaired) electrons. The number of nitrogens with zero attached hydrogens (tertiary/aromatic N) is 1. The molecule has 2 heterocycles. The largest absolute Gasteiger partial charge is 0.489 e. The van der Waals surface area contributed by atoms with E-state index in [0.29, 0.717) is 6.61 Å². The third-order valence-corrected chi connectivity index (χ3v) is 4.20. The summed E-state index contributed by atoms with van der Waals surface area (Å²) < 4.78 is 10.9. The average Bonchev–Trinajstić information content (AvgIpc) is 3.18. The Morgan fingerprint density at radius 3 is 2.64 bits per heavy atom. The monoisotopic (exact) mass is 351 g/mol. The quantitative estimate of drug-likeness (QED) is 0.465. The van der Waals surface area contributed by atoms with Gasteiger partial charge in [-0.25, -0.2) is 4.79 Å². The van der Waals surface area contributed by atoms with E-state index in [1.807, 2.05) is 53.9 Å². The Labute approximate surface area is 150 Å². The molecular formula is C20H17NO3S. The summed E-state index contributed by atoms with van der Waals surface area (Å²) in [6.45, 7) is 0.701. The summed E-state index contributed by atoms with van der Waals surface area (Å²) in [5.74, 6) is 0.404. The van der Waals surface area contributed by atoms with Crippen molar-refractivity contribution in [2.45, 2.75) is 13.2 Å². The maximum atomic E-state index is 11.7. The first-order valence-electron chi connectivity index (χ1n) is 7.78. The molecule has 0 aliphatic heterocycles. The number of esters is 1. The van der Waals surface area contributed by atoms with Gasteiger partial charge < -0.3 is 9.47 Å². The van der Waals surface area contributed by atoms with Gasteiger partial charge in [0.1, 0.15) is 19.0 Å². The van der Waals surface area contributed by atoms with Gasteiger partial charge in [0, 0.05) is 28.9 Å². The zero-order chi connectivity index (χ0) is 17.3. The molecule has 0 N–H and O–H groups in total. The van der Waals surface area contributed by atoms with Crippen molar-refractivity contribution < 1.29 is 14.3 Å². The molecule has 1 aromatic carbocycles. The van der Waals surface area contributed by atoms with Crippen LogP contribution >= 0.6 is 11.3 Å². The molecule has 0 atom stereocenters. The lowest BCUT2D eigenvalue weighted by Crippen LogP contribution is -2.01. The standard InChI is InChI=1S/C20H17NO3S/c22-20(10-9-19-4-2-12-25-19)24-14-16-5-7-18(8-6-16)23-15-17-3-1-11-21-13-17/h1-13H,14-15H2/b10-9+. The first-order chi connectivity index (χ1) is 12.3. The summed E-state index contributed by atoms with van der Waals surface area (Å²) >= 11 is 1.57. The van der Waals surface area contributed by atoms with Gasteiger partial charge in [-0.1, -0.05) is 24.3 Å². The highest BCUT2D eigenvalue weighted by Gasteiger charge is 2.01. The molecule has 0 fully saturated rings. The maximum absolute atomic E-state index is 11.7. The van der Waals surface area contributed by atoms with E-state index >= 15 is 0 Å². The van der Waals surface area contributed by atoms with Gasteiger partial charge in [0.15, 0.2) is 0 Å². The van der Waals surface area contributed by atoms with Crippen LogP contribution in [0.4, 0.5) is 0 Å². The highest BCUT2D eigenvalue weighted by atomic mass is 32.1. The van der Waals surface area contributed by atoms with Crippen molar-refractivity contribution in [3.63, 3.8) is 0 Å². The van der Waals surface area contributed by atoms with E-state index in [4.69, 9.17) is 9.47 Å². The van der Waals surface area contributed by atoms with Crippen molar-refractivity contribution in [1.29, 1.82) is 0 Å². The Balaban J connectivity index is 1.45. The Morgan fingerprint density at radius 2 is 1.92 bits per heavy atom. The second-order valence-electron chi connectivity index (χ2n) is 5.25. The van der Waals surface area contributed by atoms with Crippen LogP contribution < -0.4 is 4.74 Å². The molecule has 126 valence electrons. The van der Waals surface area contributed by atoms with Crippen molar-refractivity contribution in [3.8, 4) is 5.75 Å². The average molecular weight is 351 g/mol. The summed E-state index contributed by atoms with van der Waals surface area (Å²) in [7, 11) is 0. The van der Waals surface area contributed by atoms with Crippen LogP contribution in [-0.4, -0.2) is 11.0 Å². The topological polar surface area (TPSA) is 48.4 Å². The van der Waals surface area contributed by atoms with Crippen molar-refractivity contribution in [2.24, 2.45) is 0 Å². The number of thiophene rings is 1. The molecule has 5 heteroatoms. The second kappa shape index (κ2) is 8.80. The number of benzene rings is 1. The van der Waals surface area contributed by atoms with Crippen molar-refractivity contribution in [3.05, 3.63) is 88.4 Å². The highest BCUT2D eigenvalue weighted by molar-refractivity contribution is 7.10. The summed E-state index contributed by atoms with van der Waals surface area (Å²) in [6.07, 6.45) is 6.70. The van der Waals surface area contributed by atoms with Gasteiger partial charge in [0.05, 0.1) is 0 Å². The zero-order valence-corrected chi connectivity index (χ0v) is 14.3. The zero-order valence-electron chi connectivity index (χ0n) is 13.5. The minimum absolute atomic E-state index is 0.233. The lowest BCUT2D eigenvalue weighted by atomic mass is 10.2. The Kier molecular flexibility index (Phi) is 5.96. The molecule has 0 saturated carbocycles. The van der Waals surface area contributed by atoms with Gasteiger partial charge in [-0.15, -0.1) is 11.3 Å². The molecule has 0 aliphatic carbocycles. The van der Waals surface area contributed by atoms with E-state index in [0.717, 1.165) is 21.8 Å². The van der Waals surface area contributed by atoms with Crippen LogP contribution in [0.5, 0.6) is 5.75 Å². The van der Waals surface area contributed by atoms with Crippen LogP contribution in [0.1, 0.15) is 16.0 Å². The van der Waals surface area contributed by atoms with Gasteiger partial charge in [0.2, 0.25) is 0 Å². The Morgan fingerprint density at radius 1 is 1.04 bits per heavy atom. The fourth-order valence-electron chi connectivity index (χ4n) is 2.07. The minimum atomic E-state index is -0.356. The van der Waals surface area contributed by atoms with E-state index < -0.39 is 0 Å². The first kappa shape index (κ1) is 16.9. The first-order valence-corrected chi connectivity index (χ1v) is 8.66. The predicted octanol–water partition coefficient (Wildman–Crippen LogP) is 4.48. The molecule has 0 saturated heterocycles. The highest BCUT2D eigenvalue weighted by Crippen LogP contribution is 2.15. The molecule has 0 unspecified atom stereocenters. The number of carbonyl (C=O) groups is 1. The molecule has 3 aromatic rings. The van der Waals surface area contributed by atoms with Gasteiger partial charge >= 0.3 is 5.97 Å². The third-order valence-electron chi connectivity index (χ3n) is 3.36. The van der Waals surface area contributed by atoms with Crippen LogP contribution in [0.2, 0.25) is 0 Å². The van der Waals surface area contributed by atoms with Crippen LogP contribution in [0.25, 0.3) is 6.08 Å². The van der Waals surface area contributed by atoms with Crippen molar-refractivity contribution in [1.82, 2.24) is 4.98 Å². The number of carbonyl (C=O) groups excluding carboxylic acids is 1. The van der Waals surface area contributed by atoms with E-state index in [1.54, 1.807) is 29.8 Å². The lowest BCUT2D eigenvalue weighted by Gasteiger charge is -2.07. The summed E-state index contributed by atoms with van der Waals surface area (Å²) in [5, 5.41) is 1.96. The third kappa shape index (κ3) is 5.58. The van der Waals surface area contributed by atoms with E-state index in [1.165, 1.54) is 6.08 Å². The van der Waals surface area contributed by atoms with Gasteiger partial charge in [0.25, 0.3) is 0 Å². The molecule has 25 heavy (non-hydrogen) atoms. The fourth-order valence-corrected chi connectivity index (χ4v) is 2.69. The van der Waals surface area contributed by atoms with Crippen LogP contribution in [0.15, 0.2) is 72.4 Å². The van der Waals surface area contributed by atoms with Crippen LogP contribution in [0.3, 0.4) is 0 Å². The van der Waals surface area contributed by atoms with Crippen LogP contribution in [0, 0.1) is 0 Å². The number of rotatable bonds is 7. The van der Waals surface area contributed by atoms with Gasteiger partial charge in [-0.2, -0.15) is 0 Å². The summed E-state index contributed by atoms with van der Waals surface area (Å²) in [6, 6.07) is 15.2. The number of ether oxygens (including phenoxy) is 2. The second-order valence-corrected chi connectivity index (χ2v) is 6.23. The van der Waals surface area contributed by atoms with E-state index in [-0.39, 0.29) is 12.6 Å². The van der Waals surface area contributed by atoms with Gasteiger partial charge in [-0.05, 0) is 41.3 Å². The molecule has 0 spiro atoms. The molecule has 2 aromatic heterocycles. The van der Waals surface area contributed by atoms with E-state index in [2.05, 4.69) is 4.98 Å². The molecule has 3 rings (SSSR count). The number of hydrogen-bond donors (Lipinski definition) is 0. The van der Waals surface area contributed by atoms with Crippen molar-refractivity contribution in [2.75, 3.05) is 0 Å². The van der Waals surface area contributed by atoms with Crippen LogP contribution in [-0.2, 0) is 22.7 Å². The molecule has 0 amide bonds. The number of pyridine rings is 1. The SMILES string of the molecule is O=C(/C=C/c1cccs1)OCc1ccc(OCc2cccnc2)cc1. The summed E-state index contributed by atoms with van der Waals surface area (Å²) in [4.78, 5) is 16.8. The summed E-state index contributed by atoms with van der Waals surface area (Å²) in [5.41, 5.74) is 1.92. The van der Waals surface area contributed by atoms with Gasteiger partial charge in [-0.3, -0.25) is 4.98 Å². The fraction of sp³-hybridized carbons (Fsp3) is 0.100. The minimum Gasteiger partial charge on any atom is -0.489 e. The smallest absolute Gasteiger partial charge is 0.331 e. The number of hydrogen-bond acceptors (Lipinski definition) is 5. The van der Waals surface area contributed by atoms with E-state index in [9.17, 15) is 4.79 Å². The maximum Gasteiger partial charge on any atom is 0.331 e. The molecule has 0 bridgehead atoms. The Bertz CT molecular complexity index is 812. The number of aromatic nitrogens is 1. The van der Waals surface area contributed by atoms with Crippen molar-refractivity contribution >= 4 is 23.4 Å². The predicted molar refractivity (Wildman–Crippen MR) is 98.2 cm³/mol. The Hall–Kier alpha value is -2.92. The normalized spacial score (nSPS) is 10.7. The lowest BCUT2D eigenvalue weighted by molar-refractivity contribution is -0.138. The molecule has 0 aliphatic rings. The molecule has 4 nitrogen and oxygen atoms in total. The molecular weight excluding hydrogens is 334 g/mol.